The van der Waals surface area contributed by atoms with Crippen LogP contribution in [0.5, 0.6) is 0 Å². The molecular formula is C13H19N3O3. The lowest BCUT2D eigenvalue weighted by Gasteiger charge is -2.17. The monoisotopic (exact) mass is 265 g/mol. The zero-order chi connectivity index (χ0) is 13.4. The number of nitrogens with zero attached hydrogens (tertiary/aromatic N) is 1. The number of rotatable bonds is 3. The van der Waals surface area contributed by atoms with Crippen molar-refractivity contribution in [2.24, 2.45) is 17.7 Å². The lowest BCUT2D eigenvalue weighted by atomic mass is 10.00. The molecule has 4 N–H and O–H groups in total. The second-order valence-corrected chi connectivity index (χ2v) is 5.51. The minimum Gasteiger partial charge on any atom is -0.459 e. The molecule has 3 atom stereocenters. The van der Waals surface area contributed by atoms with E-state index in [0.717, 1.165) is 31.5 Å². The maximum atomic E-state index is 11.5. The number of hydrogen-bond donors (Lipinski definition) is 3. The van der Waals surface area contributed by atoms with Gasteiger partial charge in [0.05, 0.1) is 12.4 Å². The van der Waals surface area contributed by atoms with Crippen LogP contribution in [0.1, 0.15) is 29.0 Å². The lowest BCUT2D eigenvalue weighted by molar-refractivity contribution is 0.0922. The van der Waals surface area contributed by atoms with Gasteiger partial charge in [-0.2, -0.15) is 0 Å². The van der Waals surface area contributed by atoms with Crippen LogP contribution in [0.25, 0.3) is 0 Å². The Labute approximate surface area is 111 Å². The molecule has 3 unspecified atom stereocenters. The Morgan fingerprint density at radius 2 is 2.37 bits per heavy atom. The van der Waals surface area contributed by atoms with Gasteiger partial charge in [-0.15, -0.1) is 0 Å². The molecule has 0 bridgehead atoms. The molecule has 6 heteroatoms. The highest BCUT2D eigenvalue weighted by molar-refractivity contribution is 5.92. The Bertz CT molecular complexity index is 473. The van der Waals surface area contributed by atoms with Gasteiger partial charge < -0.3 is 9.52 Å². The number of amides is 1. The van der Waals surface area contributed by atoms with Gasteiger partial charge in [-0.25, -0.2) is 5.84 Å². The molecule has 1 saturated heterocycles. The summed E-state index contributed by atoms with van der Waals surface area (Å²) in [5.41, 5.74) is 2.93. The predicted molar refractivity (Wildman–Crippen MR) is 67.9 cm³/mol. The first-order valence-corrected chi connectivity index (χ1v) is 6.66. The normalized spacial score (nSPS) is 30.5. The largest absolute Gasteiger partial charge is 0.459 e. The highest BCUT2D eigenvalue weighted by Crippen LogP contribution is 2.38. The summed E-state index contributed by atoms with van der Waals surface area (Å²) in [5, 5.41) is 9.90. The van der Waals surface area contributed by atoms with Gasteiger partial charge in [0.25, 0.3) is 0 Å². The summed E-state index contributed by atoms with van der Waals surface area (Å²) < 4.78 is 5.17. The molecule has 1 saturated carbocycles. The number of furan rings is 1. The van der Waals surface area contributed by atoms with Crippen LogP contribution in [-0.4, -0.2) is 35.1 Å². The number of nitrogens with two attached hydrogens (primary N) is 1. The molecule has 6 nitrogen and oxygen atoms in total. The van der Waals surface area contributed by atoms with Gasteiger partial charge in [0, 0.05) is 31.1 Å². The van der Waals surface area contributed by atoms with Crippen molar-refractivity contribution in [3.63, 3.8) is 0 Å². The molecule has 2 heterocycles. The van der Waals surface area contributed by atoms with Gasteiger partial charge in [-0.05, 0) is 24.8 Å². The summed E-state index contributed by atoms with van der Waals surface area (Å²) in [6.07, 6.45) is 3.37. The average molecular weight is 265 g/mol. The van der Waals surface area contributed by atoms with Crippen LogP contribution in [0.4, 0.5) is 0 Å². The van der Waals surface area contributed by atoms with Crippen LogP contribution in [0, 0.1) is 11.8 Å². The van der Waals surface area contributed by atoms with Crippen molar-refractivity contribution in [1.29, 1.82) is 0 Å². The van der Waals surface area contributed by atoms with Crippen molar-refractivity contribution >= 4 is 5.91 Å². The van der Waals surface area contributed by atoms with E-state index in [1.807, 2.05) is 0 Å². The summed E-state index contributed by atoms with van der Waals surface area (Å²) in [6.45, 7) is 2.54. The molecule has 0 spiro atoms. The minimum absolute atomic E-state index is 0.161. The van der Waals surface area contributed by atoms with Gasteiger partial charge in [-0.3, -0.25) is 15.1 Å². The first-order chi connectivity index (χ1) is 9.19. The second-order valence-electron chi connectivity index (χ2n) is 5.51. The zero-order valence-corrected chi connectivity index (χ0v) is 10.7. The molecule has 2 aliphatic rings. The molecule has 3 rings (SSSR count). The molecular weight excluding hydrogens is 246 g/mol. The summed E-state index contributed by atoms with van der Waals surface area (Å²) in [7, 11) is 0. The highest BCUT2D eigenvalue weighted by atomic mass is 16.3. The topological polar surface area (TPSA) is 91.7 Å². The third kappa shape index (κ3) is 2.27. The fraction of sp³-hybridized carbons (Fsp3) is 0.615. The number of carbonyl (C=O) groups is 1. The Morgan fingerprint density at radius 3 is 3.11 bits per heavy atom. The molecule has 1 aliphatic heterocycles. The van der Waals surface area contributed by atoms with Crippen molar-refractivity contribution in [2.45, 2.75) is 25.5 Å². The summed E-state index contributed by atoms with van der Waals surface area (Å²) in [5.74, 6) is 5.98. The van der Waals surface area contributed by atoms with Crippen LogP contribution in [0.2, 0.25) is 0 Å². The highest BCUT2D eigenvalue weighted by Gasteiger charge is 2.41. The van der Waals surface area contributed by atoms with Crippen LogP contribution in [-0.2, 0) is 6.54 Å². The fourth-order valence-corrected chi connectivity index (χ4v) is 3.42. The molecule has 1 aromatic heterocycles. The molecule has 1 aromatic rings. The zero-order valence-electron chi connectivity index (χ0n) is 10.7. The number of nitrogen functional groups attached to an aromatic ring is 1. The van der Waals surface area contributed by atoms with E-state index in [9.17, 15) is 9.90 Å². The van der Waals surface area contributed by atoms with Crippen molar-refractivity contribution in [3.8, 4) is 0 Å². The van der Waals surface area contributed by atoms with Crippen LogP contribution < -0.4 is 11.3 Å². The number of hydrogen-bond acceptors (Lipinski definition) is 5. The Morgan fingerprint density at radius 1 is 1.53 bits per heavy atom. The van der Waals surface area contributed by atoms with Crippen LogP contribution in [0.3, 0.4) is 0 Å². The number of likely N-dealkylation sites (tertiary alicyclic amines) is 1. The van der Waals surface area contributed by atoms with Crippen LogP contribution in [0.15, 0.2) is 16.7 Å². The van der Waals surface area contributed by atoms with E-state index in [1.165, 1.54) is 6.26 Å². The molecule has 1 amide bonds. The Balaban J connectivity index is 1.67. The molecule has 1 aliphatic carbocycles. The Hall–Kier alpha value is -1.37. The Kier molecular flexibility index (Phi) is 3.30. The van der Waals surface area contributed by atoms with E-state index in [1.54, 1.807) is 6.07 Å². The molecule has 19 heavy (non-hydrogen) atoms. The van der Waals surface area contributed by atoms with Crippen molar-refractivity contribution in [1.82, 2.24) is 10.3 Å². The van der Waals surface area contributed by atoms with Crippen molar-refractivity contribution < 1.29 is 14.3 Å². The number of fused-ring (bicyclic) bond motifs is 1. The average Bonchev–Trinajstić information content (AvgIpc) is 3.08. The van der Waals surface area contributed by atoms with E-state index >= 15 is 0 Å². The van der Waals surface area contributed by atoms with Gasteiger partial charge in [0.2, 0.25) is 0 Å². The SMILES string of the molecule is NNC(=O)c1occc1CN1CC2CCC(O)C2C1. The summed E-state index contributed by atoms with van der Waals surface area (Å²) in [4.78, 5) is 13.8. The third-order valence-electron chi connectivity index (χ3n) is 4.37. The van der Waals surface area contributed by atoms with E-state index in [2.05, 4.69) is 10.3 Å². The van der Waals surface area contributed by atoms with E-state index in [4.69, 9.17) is 10.3 Å². The maximum absolute atomic E-state index is 11.5. The molecule has 0 aromatic carbocycles. The van der Waals surface area contributed by atoms with E-state index in [0.29, 0.717) is 18.4 Å². The van der Waals surface area contributed by atoms with E-state index < -0.39 is 5.91 Å². The number of aliphatic hydroxyl groups is 1. The molecule has 104 valence electrons. The summed E-state index contributed by atoms with van der Waals surface area (Å²) >= 11 is 0. The predicted octanol–water partition coefficient (Wildman–Crippen LogP) is 0.0858. The van der Waals surface area contributed by atoms with Crippen molar-refractivity contribution in [3.05, 3.63) is 23.7 Å². The quantitative estimate of drug-likeness (QED) is 0.409. The summed E-state index contributed by atoms with van der Waals surface area (Å²) in [6, 6.07) is 1.80. The van der Waals surface area contributed by atoms with Gasteiger partial charge in [0.15, 0.2) is 5.76 Å². The van der Waals surface area contributed by atoms with Crippen LogP contribution >= 0.6 is 0 Å². The number of carbonyl (C=O) groups excluding carboxylic acids is 1. The number of hydrazine groups is 1. The lowest BCUT2D eigenvalue weighted by Crippen LogP contribution is -2.31. The first kappa shape index (κ1) is 12.7. The van der Waals surface area contributed by atoms with Gasteiger partial charge in [-0.1, -0.05) is 0 Å². The van der Waals surface area contributed by atoms with Crippen molar-refractivity contribution in [2.75, 3.05) is 13.1 Å². The first-order valence-electron chi connectivity index (χ1n) is 6.66. The maximum Gasteiger partial charge on any atom is 0.301 e. The fourth-order valence-electron chi connectivity index (χ4n) is 3.42. The second kappa shape index (κ2) is 4.96. The number of aliphatic hydroxyl groups excluding tert-OH is 1. The molecule has 0 radical (unpaired) electrons. The smallest absolute Gasteiger partial charge is 0.301 e. The minimum atomic E-state index is -0.403. The molecule has 2 fully saturated rings. The standard InChI is InChI=1S/C13H19N3O3/c14-15-13(18)12-9(3-4-19-12)6-16-5-8-1-2-11(17)10(8)7-16/h3-4,8,10-11,17H,1-2,5-7,14H2,(H,15,18). The third-order valence-corrected chi connectivity index (χ3v) is 4.37. The van der Waals surface area contributed by atoms with Gasteiger partial charge >= 0.3 is 5.91 Å². The number of nitrogens with one attached hydrogen (secondary N) is 1. The van der Waals surface area contributed by atoms with E-state index in [-0.39, 0.29) is 11.9 Å². The van der Waals surface area contributed by atoms with Gasteiger partial charge in [0.1, 0.15) is 0 Å².